The van der Waals surface area contributed by atoms with Gasteiger partial charge in [0, 0.05) is 5.39 Å². The van der Waals surface area contributed by atoms with Crippen molar-refractivity contribution in [3.63, 3.8) is 0 Å². The van der Waals surface area contributed by atoms with Crippen molar-refractivity contribution in [3.05, 3.63) is 23.8 Å². The normalized spacial score (nSPS) is 10.4. The van der Waals surface area contributed by atoms with Gasteiger partial charge in [-0.05, 0) is 12.1 Å². The number of benzene rings is 1. The fourth-order valence-corrected chi connectivity index (χ4v) is 1.34. The smallest absolute Gasteiger partial charge is 0.340 e. The summed E-state index contributed by atoms with van der Waals surface area (Å²) >= 11 is 0. The first-order valence-electron chi connectivity index (χ1n) is 4.05. The predicted molar refractivity (Wildman–Crippen MR) is 51.8 cm³/mol. The predicted octanol–water partition coefficient (Wildman–Crippen LogP) is 0.932. The number of ether oxygens (including phenoxy) is 1. The first kappa shape index (κ1) is 8.55. The van der Waals surface area contributed by atoms with Crippen LogP contribution in [0.4, 0.5) is 5.82 Å². The summed E-state index contributed by atoms with van der Waals surface area (Å²) in [5.74, 6) is -0.0231. The number of aromatic amines is 1. The van der Waals surface area contributed by atoms with Crippen molar-refractivity contribution >= 4 is 22.7 Å². The molecule has 5 heteroatoms. The number of carbonyl (C=O) groups excluding carboxylic acids is 1. The van der Waals surface area contributed by atoms with Crippen molar-refractivity contribution in [1.82, 2.24) is 10.2 Å². The summed E-state index contributed by atoms with van der Waals surface area (Å²) in [5, 5.41) is 7.24. The Labute approximate surface area is 79.9 Å². The number of para-hydroxylation sites is 1. The van der Waals surface area contributed by atoms with Crippen molar-refractivity contribution in [2.24, 2.45) is 0 Å². The second-order valence-corrected chi connectivity index (χ2v) is 2.83. The summed E-state index contributed by atoms with van der Waals surface area (Å²) in [5.41, 5.74) is 6.64. The number of carbonyl (C=O) groups is 1. The lowest BCUT2D eigenvalue weighted by Gasteiger charge is -1.99. The Hall–Kier alpha value is -2.04. The summed E-state index contributed by atoms with van der Waals surface area (Å²) in [4.78, 5) is 11.3. The van der Waals surface area contributed by atoms with Gasteiger partial charge in [-0.3, -0.25) is 5.10 Å². The van der Waals surface area contributed by atoms with Crippen LogP contribution < -0.4 is 5.73 Å². The van der Waals surface area contributed by atoms with Gasteiger partial charge < -0.3 is 10.5 Å². The Morgan fingerprint density at radius 1 is 1.57 bits per heavy atom. The first-order valence-corrected chi connectivity index (χ1v) is 4.05. The summed E-state index contributed by atoms with van der Waals surface area (Å²) in [7, 11) is 1.33. The second kappa shape index (κ2) is 3.02. The van der Waals surface area contributed by atoms with Gasteiger partial charge in [-0.2, -0.15) is 5.10 Å². The number of aromatic nitrogens is 2. The number of rotatable bonds is 1. The zero-order valence-corrected chi connectivity index (χ0v) is 7.57. The molecule has 2 rings (SSSR count). The SMILES string of the molecule is COC(=O)c1cccc2c(N)n[nH]c12. The van der Waals surface area contributed by atoms with Crippen LogP contribution in [0.2, 0.25) is 0 Å². The van der Waals surface area contributed by atoms with Crippen molar-refractivity contribution in [3.8, 4) is 0 Å². The monoisotopic (exact) mass is 191 g/mol. The van der Waals surface area contributed by atoms with Gasteiger partial charge in [0.15, 0.2) is 5.82 Å². The maximum absolute atomic E-state index is 11.3. The largest absolute Gasteiger partial charge is 0.465 e. The van der Waals surface area contributed by atoms with E-state index in [-0.39, 0.29) is 0 Å². The lowest BCUT2D eigenvalue weighted by atomic mass is 10.1. The van der Waals surface area contributed by atoms with Crippen LogP contribution in [0.3, 0.4) is 0 Å². The van der Waals surface area contributed by atoms with E-state index in [0.29, 0.717) is 16.9 Å². The third-order valence-electron chi connectivity index (χ3n) is 2.03. The molecule has 0 bridgehead atoms. The van der Waals surface area contributed by atoms with E-state index in [1.807, 2.05) is 0 Å². The number of esters is 1. The molecular weight excluding hydrogens is 182 g/mol. The molecule has 0 amide bonds. The lowest BCUT2D eigenvalue weighted by molar-refractivity contribution is 0.0603. The average molecular weight is 191 g/mol. The molecule has 1 aromatic heterocycles. The van der Waals surface area contributed by atoms with E-state index < -0.39 is 5.97 Å². The van der Waals surface area contributed by atoms with Crippen molar-refractivity contribution < 1.29 is 9.53 Å². The van der Waals surface area contributed by atoms with E-state index in [9.17, 15) is 4.79 Å². The topological polar surface area (TPSA) is 81.0 Å². The molecule has 0 fully saturated rings. The second-order valence-electron chi connectivity index (χ2n) is 2.83. The zero-order valence-electron chi connectivity index (χ0n) is 7.57. The Morgan fingerprint density at radius 2 is 2.36 bits per heavy atom. The van der Waals surface area contributed by atoms with Crippen molar-refractivity contribution in [1.29, 1.82) is 0 Å². The van der Waals surface area contributed by atoms with Crippen molar-refractivity contribution in [2.45, 2.75) is 0 Å². The number of nitrogens with zero attached hydrogens (tertiary/aromatic N) is 1. The molecule has 3 N–H and O–H groups in total. The lowest BCUT2D eigenvalue weighted by Crippen LogP contribution is -2.01. The van der Waals surface area contributed by atoms with Crippen molar-refractivity contribution in [2.75, 3.05) is 12.8 Å². The number of hydrogen-bond donors (Lipinski definition) is 2. The minimum Gasteiger partial charge on any atom is -0.465 e. The summed E-state index contributed by atoms with van der Waals surface area (Å²) < 4.78 is 4.63. The molecular formula is C9H9N3O2. The number of hydrogen-bond acceptors (Lipinski definition) is 4. The summed E-state index contributed by atoms with van der Waals surface area (Å²) in [6.45, 7) is 0. The molecule has 1 heterocycles. The van der Waals surface area contributed by atoms with Gasteiger partial charge in [0.2, 0.25) is 0 Å². The Morgan fingerprint density at radius 3 is 3.07 bits per heavy atom. The molecule has 0 radical (unpaired) electrons. The van der Waals surface area contributed by atoms with Gasteiger partial charge in [0.25, 0.3) is 0 Å². The van der Waals surface area contributed by atoms with E-state index in [2.05, 4.69) is 14.9 Å². The highest BCUT2D eigenvalue weighted by atomic mass is 16.5. The number of fused-ring (bicyclic) bond motifs is 1. The summed E-state index contributed by atoms with van der Waals surface area (Å²) in [6.07, 6.45) is 0. The van der Waals surface area contributed by atoms with Crippen LogP contribution in [-0.2, 0) is 4.74 Å². The Kier molecular flexibility index (Phi) is 1.85. The van der Waals surface area contributed by atoms with Gasteiger partial charge >= 0.3 is 5.97 Å². The maximum atomic E-state index is 11.3. The highest BCUT2D eigenvalue weighted by Gasteiger charge is 2.12. The maximum Gasteiger partial charge on any atom is 0.340 e. The van der Waals surface area contributed by atoms with Crippen LogP contribution in [0.1, 0.15) is 10.4 Å². The molecule has 2 aromatic rings. The van der Waals surface area contributed by atoms with E-state index in [1.54, 1.807) is 18.2 Å². The number of nitrogen functional groups attached to an aromatic ring is 1. The number of methoxy groups -OCH3 is 1. The molecule has 5 nitrogen and oxygen atoms in total. The number of nitrogens with two attached hydrogens (primary N) is 1. The van der Waals surface area contributed by atoms with E-state index >= 15 is 0 Å². The molecule has 0 aliphatic heterocycles. The van der Waals surface area contributed by atoms with Gasteiger partial charge in [0.1, 0.15) is 0 Å². The highest BCUT2D eigenvalue weighted by molar-refractivity contribution is 6.05. The van der Waals surface area contributed by atoms with Crippen LogP contribution in [0, 0.1) is 0 Å². The molecule has 14 heavy (non-hydrogen) atoms. The van der Waals surface area contributed by atoms with Gasteiger partial charge in [-0.15, -0.1) is 0 Å². The third-order valence-corrected chi connectivity index (χ3v) is 2.03. The van der Waals surface area contributed by atoms with E-state index in [1.165, 1.54) is 7.11 Å². The first-order chi connectivity index (χ1) is 6.74. The molecule has 0 saturated heterocycles. The number of H-pyrrole nitrogens is 1. The standard InChI is InChI=1S/C9H9N3O2/c1-14-9(13)6-4-2-3-5-7(6)11-12-8(5)10/h2-4H,1H3,(H3,10,11,12). The molecule has 72 valence electrons. The van der Waals surface area contributed by atoms with Gasteiger partial charge in [-0.25, -0.2) is 4.79 Å². The fourth-order valence-electron chi connectivity index (χ4n) is 1.34. The molecule has 0 aliphatic rings. The van der Waals surface area contributed by atoms with Crippen LogP contribution >= 0.6 is 0 Å². The van der Waals surface area contributed by atoms with Crippen LogP contribution in [0.15, 0.2) is 18.2 Å². The van der Waals surface area contributed by atoms with Gasteiger partial charge in [0.05, 0.1) is 18.2 Å². The van der Waals surface area contributed by atoms with E-state index in [0.717, 1.165) is 5.39 Å². The third kappa shape index (κ3) is 1.10. The molecule has 0 unspecified atom stereocenters. The van der Waals surface area contributed by atoms with Crippen LogP contribution in [0.25, 0.3) is 10.9 Å². The minimum atomic E-state index is -0.403. The molecule has 0 atom stereocenters. The van der Waals surface area contributed by atoms with Gasteiger partial charge in [-0.1, -0.05) is 6.07 Å². The highest BCUT2D eigenvalue weighted by Crippen LogP contribution is 2.21. The molecule has 0 aliphatic carbocycles. The minimum absolute atomic E-state index is 0.380. The number of anilines is 1. The fraction of sp³-hybridized carbons (Fsp3) is 0.111. The number of nitrogens with one attached hydrogen (secondary N) is 1. The average Bonchev–Trinajstić information content (AvgIpc) is 2.59. The molecule has 0 spiro atoms. The molecule has 0 saturated carbocycles. The van der Waals surface area contributed by atoms with E-state index in [4.69, 9.17) is 5.73 Å². The van der Waals surface area contributed by atoms with Crippen LogP contribution in [-0.4, -0.2) is 23.3 Å². The quantitative estimate of drug-likeness (QED) is 0.657. The Bertz CT molecular complexity index is 490. The Balaban J connectivity index is 2.71. The molecule has 1 aromatic carbocycles. The van der Waals surface area contributed by atoms with Crippen LogP contribution in [0.5, 0.6) is 0 Å². The zero-order chi connectivity index (χ0) is 10.1. The summed E-state index contributed by atoms with van der Waals surface area (Å²) in [6, 6.07) is 5.19.